The number of carbonyl (C=O) groups excluding carboxylic acids is 3. The molecule has 0 aromatic heterocycles. The summed E-state index contributed by atoms with van der Waals surface area (Å²) in [6.45, 7) is 11.6. The van der Waals surface area contributed by atoms with Gasteiger partial charge in [0, 0.05) is 85.4 Å². The summed E-state index contributed by atoms with van der Waals surface area (Å²) in [5.41, 5.74) is 9.12. The van der Waals surface area contributed by atoms with Crippen LogP contribution in [-0.4, -0.2) is 101 Å². The molecule has 6 rings (SSSR count). The Hall–Kier alpha value is -4.75. The van der Waals surface area contributed by atoms with Gasteiger partial charge in [0.15, 0.2) is 0 Å². The van der Waals surface area contributed by atoms with Gasteiger partial charge in [0.2, 0.25) is 11.8 Å². The number of benzene rings is 4. The fourth-order valence-electron chi connectivity index (χ4n) is 6.98. The lowest BCUT2D eigenvalue weighted by molar-refractivity contribution is -0.135. The molecule has 0 saturated carbocycles. The second kappa shape index (κ2) is 19.9. The van der Waals surface area contributed by atoms with E-state index in [9.17, 15) is 23.2 Å². The largest absolute Gasteiger partial charge is 0.376 e. The number of nitrogens with two attached hydrogens (primary N) is 1. The van der Waals surface area contributed by atoms with Crippen LogP contribution in [0.25, 0.3) is 0 Å². The van der Waals surface area contributed by atoms with E-state index in [2.05, 4.69) is 34.3 Å². The first-order valence-electron chi connectivity index (χ1n) is 18.6. The van der Waals surface area contributed by atoms with Crippen LogP contribution in [-0.2, 0) is 22.7 Å². The standard InChI is InChI=1S/C21H24ClFN4O2.C21H25ClFN3O/c1-14-12-26(13-15-2-5-17(23)6-3-15)8-9-27(14)20(28)11-25-19-7-4-16(22)10-18(19)21(24)29;1-15-13-26(21(27)11-24-20-9-5-18(22)6-10-20)16(2)12-25(15)14-17-3-7-19(23)8-4-17/h2-7,10,14,25H,8-9,11-13H2,1H3,(H2,24,29);3-10,15-16,24H,11-14H2,1-2H3/t;15-,16+/m.1/s1. The van der Waals surface area contributed by atoms with Crippen molar-refractivity contribution in [3.63, 3.8) is 0 Å². The first-order valence-corrected chi connectivity index (χ1v) is 19.4. The average Bonchev–Trinajstić information content (AvgIpc) is 3.17. The van der Waals surface area contributed by atoms with E-state index in [1.54, 1.807) is 36.4 Å². The van der Waals surface area contributed by atoms with Gasteiger partial charge in [-0.2, -0.15) is 0 Å². The quantitative estimate of drug-likeness (QED) is 0.154. The van der Waals surface area contributed by atoms with Crippen molar-refractivity contribution in [1.82, 2.24) is 19.6 Å². The predicted molar refractivity (Wildman–Crippen MR) is 219 cm³/mol. The predicted octanol–water partition coefficient (Wildman–Crippen LogP) is 6.74. The summed E-state index contributed by atoms with van der Waals surface area (Å²) in [5.74, 6) is -1.03. The Labute approximate surface area is 337 Å². The molecule has 10 nitrogen and oxygen atoms in total. The lowest BCUT2D eigenvalue weighted by Gasteiger charge is -2.44. The topological polar surface area (TPSA) is 114 Å². The van der Waals surface area contributed by atoms with Gasteiger partial charge in [-0.3, -0.25) is 24.2 Å². The van der Waals surface area contributed by atoms with Crippen molar-refractivity contribution in [2.45, 2.75) is 52.0 Å². The van der Waals surface area contributed by atoms with Crippen LogP contribution in [0.2, 0.25) is 10.0 Å². The summed E-state index contributed by atoms with van der Waals surface area (Å²) in [6.07, 6.45) is 0. The maximum Gasteiger partial charge on any atom is 0.250 e. The third-order valence-electron chi connectivity index (χ3n) is 10.1. The normalized spacial score (nSPS) is 18.8. The fourth-order valence-corrected chi connectivity index (χ4v) is 7.28. The van der Waals surface area contributed by atoms with Crippen LogP contribution >= 0.6 is 23.2 Å². The van der Waals surface area contributed by atoms with Crippen molar-refractivity contribution in [1.29, 1.82) is 0 Å². The van der Waals surface area contributed by atoms with E-state index in [1.807, 2.05) is 41.0 Å². The summed E-state index contributed by atoms with van der Waals surface area (Å²) in [6, 6.07) is 25.6. The first-order chi connectivity index (χ1) is 26.7. The molecule has 4 aromatic rings. The molecule has 2 saturated heterocycles. The summed E-state index contributed by atoms with van der Waals surface area (Å²) in [7, 11) is 0. The molecule has 4 N–H and O–H groups in total. The molecule has 2 aliphatic heterocycles. The monoisotopic (exact) mass is 807 g/mol. The Bertz CT molecular complexity index is 1940. The van der Waals surface area contributed by atoms with Gasteiger partial charge in [-0.05, 0) is 98.6 Å². The molecule has 298 valence electrons. The lowest BCUT2D eigenvalue weighted by Crippen LogP contribution is -2.58. The van der Waals surface area contributed by atoms with Crippen LogP contribution in [0.4, 0.5) is 20.2 Å². The van der Waals surface area contributed by atoms with E-state index in [-0.39, 0.29) is 60.2 Å². The van der Waals surface area contributed by atoms with Crippen molar-refractivity contribution in [3.8, 4) is 0 Å². The van der Waals surface area contributed by atoms with Crippen molar-refractivity contribution in [3.05, 3.63) is 129 Å². The van der Waals surface area contributed by atoms with Crippen LogP contribution in [0.15, 0.2) is 91.0 Å². The van der Waals surface area contributed by atoms with Gasteiger partial charge in [0.05, 0.1) is 18.7 Å². The highest BCUT2D eigenvalue weighted by Gasteiger charge is 2.32. The molecule has 3 amide bonds. The smallest absolute Gasteiger partial charge is 0.250 e. The summed E-state index contributed by atoms with van der Waals surface area (Å²) in [4.78, 5) is 45.3. The van der Waals surface area contributed by atoms with Gasteiger partial charge in [0.25, 0.3) is 5.91 Å². The number of nitrogens with one attached hydrogen (secondary N) is 2. The second-order valence-corrected chi connectivity index (χ2v) is 15.2. The molecule has 2 heterocycles. The van der Waals surface area contributed by atoms with Crippen LogP contribution in [0, 0.1) is 11.6 Å². The van der Waals surface area contributed by atoms with Crippen LogP contribution in [0.5, 0.6) is 0 Å². The van der Waals surface area contributed by atoms with E-state index in [0.29, 0.717) is 28.8 Å². The lowest BCUT2D eigenvalue weighted by atomic mass is 10.1. The number of hydrogen-bond acceptors (Lipinski definition) is 7. The van der Waals surface area contributed by atoms with Gasteiger partial charge in [-0.1, -0.05) is 47.5 Å². The third-order valence-corrected chi connectivity index (χ3v) is 10.5. The number of nitrogens with zero attached hydrogens (tertiary/aromatic N) is 4. The Kier molecular flexibility index (Phi) is 15.1. The number of anilines is 2. The van der Waals surface area contributed by atoms with E-state index in [0.717, 1.165) is 49.5 Å². The molecule has 0 spiro atoms. The van der Waals surface area contributed by atoms with Gasteiger partial charge in [-0.15, -0.1) is 0 Å². The van der Waals surface area contributed by atoms with E-state index in [1.165, 1.54) is 30.3 Å². The molecule has 14 heteroatoms. The summed E-state index contributed by atoms with van der Waals surface area (Å²) < 4.78 is 26.1. The Balaban J connectivity index is 0.000000215. The molecule has 56 heavy (non-hydrogen) atoms. The highest BCUT2D eigenvalue weighted by Crippen LogP contribution is 2.22. The summed E-state index contributed by atoms with van der Waals surface area (Å²) in [5, 5.41) is 7.23. The number of hydrogen-bond donors (Lipinski definition) is 3. The summed E-state index contributed by atoms with van der Waals surface area (Å²) >= 11 is 11.8. The average molecular weight is 809 g/mol. The number of halogens is 4. The Morgan fingerprint density at radius 2 is 1.21 bits per heavy atom. The van der Waals surface area contributed by atoms with Crippen LogP contribution < -0.4 is 16.4 Å². The maximum atomic E-state index is 13.1. The molecule has 3 atom stereocenters. The highest BCUT2D eigenvalue weighted by molar-refractivity contribution is 6.31. The molecule has 4 aromatic carbocycles. The zero-order valence-electron chi connectivity index (χ0n) is 31.9. The molecule has 0 radical (unpaired) electrons. The minimum Gasteiger partial charge on any atom is -0.376 e. The number of carbonyl (C=O) groups is 3. The van der Waals surface area contributed by atoms with E-state index < -0.39 is 5.91 Å². The van der Waals surface area contributed by atoms with Gasteiger partial charge in [-0.25, -0.2) is 8.78 Å². The number of amides is 3. The molecule has 1 unspecified atom stereocenters. The zero-order valence-corrected chi connectivity index (χ0v) is 33.4. The SMILES string of the molecule is CC1CN(Cc2ccc(F)cc2)CCN1C(=O)CNc1ccc(Cl)cc1C(N)=O.C[C@@H]1CN(C(=O)CNc2ccc(Cl)cc2)[C@@H](C)CN1Cc1ccc(F)cc1. The minimum absolute atomic E-state index is 0.0410. The molecular formula is C42H49Cl2F2N7O3. The van der Waals surface area contributed by atoms with Gasteiger partial charge >= 0.3 is 0 Å². The molecule has 0 bridgehead atoms. The molecule has 0 aliphatic carbocycles. The van der Waals surface area contributed by atoms with Crippen molar-refractivity contribution in [2.24, 2.45) is 5.73 Å². The van der Waals surface area contributed by atoms with Crippen LogP contribution in [0.1, 0.15) is 42.3 Å². The minimum atomic E-state index is -0.606. The third kappa shape index (κ3) is 12.1. The first kappa shape index (κ1) is 42.4. The van der Waals surface area contributed by atoms with E-state index in [4.69, 9.17) is 28.9 Å². The van der Waals surface area contributed by atoms with Gasteiger partial charge < -0.3 is 26.2 Å². The number of rotatable bonds is 11. The van der Waals surface area contributed by atoms with Crippen LogP contribution in [0.3, 0.4) is 0 Å². The fraction of sp³-hybridized carbons (Fsp3) is 0.357. The highest BCUT2D eigenvalue weighted by atomic mass is 35.5. The maximum absolute atomic E-state index is 13.1. The van der Waals surface area contributed by atoms with Crippen molar-refractivity contribution < 1.29 is 23.2 Å². The number of primary amides is 1. The molecule has 2 aliphatic rings. The van der Waals surface area contributed by atoms with Crippen molar-refractivity contribution >= 4 is 52.3 Å². The van der Waals surface area contributed by atoms with E-state index >= 15 is 0 Å². The molecular weight excluding hydrogens is 759 g/mol. The van der Waals surface area contributed by atoms with Gasteiger partial charge in [0.1, 0.15) is 11.6 Å². The molecule has 2 fully saturated rings. The Morgan fingerprint density at radius 3 is 1.82 bits per heavy atom. The second-order valence-electron chi connectivity index (χ2n) is 14.4. The zero-order chi connectivity index (χ0) is 40.4. The Morgan fingerprint density at radius 1 is 0.661 bits per heavy atom. The van der Waals surface area contributed by atoms with Crippen molar-refractivity contribution in [2.75, 3.05) is 56.4 Å². The number of piperazine rings is 2.